The number of pyridine rings is 2. The van der Waals surface area contributed by atoms with E-state index in [9.17, 15) is 10.1 Å². The monoisotopic (exact) mass is 663 g/mol. The molecule has 0 saturated carbocycles. The lowest BCUT2D eigenvalue weighted by Crippen LogP contribution is -1.86. The zero-order valence-corrected chi connectivity index (χ0v) is 25.7. The van der Waals surface area contributed by atoms with E-state index in [0.29, 0.717) is 50.6 Å². The number of imidazole rings is 2. The molecule has 0 aliphatic heterocycles. The van der Waals surface area contributed by atoms with Crippen LogP contribution in [0.4, 0.5) is 5.69 Å². The number of nitrogens with zero attached hydrogens (tertiary/aromatic N) is 9. The first kappa shape index (κ1) is 29.8. The Morgan fingerprint density at radius 1 is 0.660 bits per heavy atom. The SMILES string of the molecule is O=[N+]([O-])c1ccc2nc(CSc3nnc(-c4ccncc4)o3)[nH]c2c1.c1ccc2[nH]c(CSc3nnc(-c4ccncc4)o3)nc2c1. The molecule has 0 unspecified atom stereocenters. The predicted molar refractivity (Wildman–Crippen MR) is 173 cm³/mol. The Kier molecular flexibility index (Phi) is 8.60. The lowest BCUT2D eigenvalue weighted by molar-refractivity contribution is -0.384. The number of thioether (sulfide) groups is 2. The van der Waals surface area contributed by atoms with Crippen molar-refractivity contribution in [3.05, 3.63) is 113 Å². The Balaban J connectivity index is 0.000000151. The number of non-ortho nitro benzene ring substituents is 1. The molecule has 6 heterocycles. The fourth-order valence-corrected chi connectivity index (χ4v) is 5.59. The number of rotatable bonds is 9. The fraction of sp³-hybridized carbons (Fsp3) is 0.0667. The van der Waals surface area contributed by atoms with Crippen LogP contribution in [-0.4, -0.2) is 55.2 Å². The molecule has 15 nitrogen and oxygen atoms in total. The molecule has 2 aromatic carbocycles. The van der Waals surface area contributed by atoms with Crippen LogP contribution in [0.5, 0.6) is 0 Å². The molecule has 0 radical (unpaired) electrons. The summed E-state index contributed by atoms with van der Waals surface area (Å²) in [4.78, 5) is 33.5. The molecule has 0 spiro atoms. The van der Waals surface area contributed by atoms with Gasteiger partial charge in [0.15, 0.2) is 0 Å². The minimum atomic E-state index is -0.437. The van der Waals surface area contributed by atoms with Gasteiger partial charge >= 0.3 is 0 Å². The highest BCUT2D eigenvalue weighted by atomic mass is 32.2. The maximum atomic E-state index is 10.8. The first-order valence-corrected chi connectivity index (χ1v) is 15.8. The quantitative estimate of drug-likeness (QED) is 0.0960. The Bertz CT molecular complexity index is 2240. The smallest absolute Gasteiger partial charge is 0.277 e. The van der Waals surface area contributed by atoms with Gasteiger partial charge in [0.1, 0.15) is 11.6 Å². The normalized spacial score (nSPS) is 11.1. The number of nitro groups is 1. The van der Waals surface area contributed by atoms with E-state index in [1.807, 2.05) is 36.4 Å². The Morgan fingerprint density at radius 3 is 1.74 bits per heavy atom. The Morgan fingerprint density at radius 2 is 1.19 bits per heavy atom. The molecule has 8 rings (SSSR count). The lowest BCUT2D eigenvalue weighted by Gasteiger charge is -1.93. The van der Waals surface area contributed by atoms with Crippen LogP contribution in [-0.2, 0) is 11.5 Å². The van der Waals surface area contributed by atoms with Crippen LogP contribution in [0.2, 0.25) is 0 Å². The minimum absolute atomic E-state index is 0.0225. The maximum absolute atomic E-state index is 10.8. The number of aromatic nitrogens is 10. The van der Waals surface area contributed by atoms with Crippen LogP contribution in [0, 0.1) is 10.1 Å². The second-order valence-electron chi connectivity index (χ2n) is 9.64. The van der Waals surface area contributed by atoms with Crippen LogP contribution >= 0.6 is 23.5 Å². The number of fused-ring (bicyclic) bond motifs is 2. The van der Waals surface area contributed by atoms with Crippen molar-refractivity contribution in [3.8, 4) is 22.9 Å². The second kappa shape index (κ2) is 13.6. The van der Waals surface area contributed by atoms with Crippen LogP contribution in [0.3, 0.4) is 0 Å². The summed E-state index contributed by atoms with van der Waals surface area (Å²) >= 11 is 2.79. The molecule has 232 valence electrons. The van der Waals surface area contributed by atoms with Crippen LogP contribution < -0.4 is 0 Å². The molecule has 0 atom stereocenters. The van der Waals surface area contributed by atoms with Gasteiger partial charge in [-0.25, -0.2) is 9.97 Å². The van der Waals surface area contributed by atoms with Gasteiger partial charge in [0.25, 0.3) is 16.1 Å². The van der Waals surface area contributed by atoms with Crippen molar-refractivity contribution < 1.29 is 13.8 Å². The van der Waals surface area contributed by atoms with E-state index in [0.717, 1.165) is 28.0 Å². The van der Waals surface area contributed by atoms with Crippen molar-refractivity contribution in [2.24, 2.45) is 0 Å². The topological polar surface area (TPSA) is 204 Å². The van der Waals surface area contributed by atoms with Gasteiger partial charge in [-0.2, -0.15) is 0 Å². The van der Waals surface area contributed by atoms with Crippen molar-refractivity contribution in [3.63, 3.8) is 0 Å². The molecule has 0 fully saturated rings. The average Bonchev–Trinajstić information content (AvgIpc) is 3.93. The highest BCUT2D eigenvalue weighted by molar-refractivity contribution is 7.98. The Labute approximate surface area is 272 Å². The fourth-order valence-electron chi connectivity index (χ4n) is 4.33. The van der Waals surface area contributed by atoms with E-state index in [1.54, 1.807) is 43.0 Å². The predicted octanol–water partition coefficient (Wildman–Crippen LogP) is 6.51. The van der Waals surface area contributed by atoms with E-state index in [4.69, 9.17) is 8.83 Å². The molecule has 2 N–H and O–H groups in total. The number of para-hydroxylation sites is 2. The number of nitrogens with one attached hydrogen (secondary N) is 2. The summed E-state index contributed by atoms with van der Waals surface area (Å²) in [5.74, 6) is 3.59. The molecule has 0 saturated heterocycles. The van der Waals surface area contributed by atoms with Gasteiger partial charge in [-0.1, -0.05) is 35.7 Å². The third-order valence-electron chi connectivity index (χ3n) is 6.50. The molecule has 0 amide bonds. The van der Waals surface area contributed by atoms with Crippen LogP contribution in [0.15, 0.2) is 111 Å². The van der Waals surface area contributed by atoms with Gasteiger partial charge in [-0.05, 0) is 42.5 Å². The number of nitro benzene ring substituents is 1. The van der Waals surface area contributed by atoms with Crippen molar-refractivity contribution in [1.29, 1.82) is 0 Å². The van der Waals surface area contributed by atoms with E-state index in [-0.39, 0.29) is 5.69 Å². The van der Waals surface area contributed by atoms with Crippen LogP contribution in [0.25, 0.3) is 45.0 Å². The molecule has 0 aliphatic carbocycles. The summed E-state index contributed by atoms with van der Waals surface area (Å²) in [5.41, 5.74) is 4.96. The average molecular weight is 664 g/mol. The van der Waals surface area contributed by atoms with E-state index >= 15 is 0 Å². The van der Waals surface area contributed by atoms with Crippen molar-refractivity contribution in [2.75, 3.05) is 0 Å². The van der Waals surface area contributed by atoms with Gasteiger partial charge in [-0.15, -0.1) is 20.4 Å². The first-order chi connectivity index (χ1) is 23.1. The van der Waals surface area contributed by atoms with Gasteiger partial charge in [0.2, 0.25) is 11.8 Å². The summed E-state index contributed by atoms with van der Waals surface area (Å²) in [6.45, 7) is 0. The van der Waals surface area contributed by atoms with Crippen molar-refractivity contribution in [1.82, 2.24) is 50.3 Å². The van der Waals surface area contributed by atoms with E-state index < -0.39 is 4.92 Å². The van der Waals surface area contributed by atoms with Crippen LogP contribution in [0.1, 0.15) is 11.6 Å². The number of H-pyrrole nitrogens is 2. The number of hydrogen-bond acceptors (Lipinski definition) is 14. The third-order valence-corrected chi connectivity index (χ3v) is 8.16. The molecular weight excluding hydrogens is 643 g/mol. The van der Waals surface area contributed by atoms with Crippen molar-refractivity contribution in [2.45, 2.75) is 22.0 Å². The summed E-state index contributed by atoms with van der Waals surface area (Å²) < 4.78 is 11.2. The highest BCUT2D eigenvalue weighted by Crippen LogP contribution is 2.27. The molecule has 0 bridgehead atoms. The standard InChI is InChI=1S/C15H10N6O3S.C15H11N5OS/c22-21(23)10-1-2-11-12(7-10)18-13(17-11)8-25-15-20-19-14(24-15)9-3-5-16-6-4-9;1-2-4-12-11(3-1)17-13(18-12)9-22-15-20-19-14(21-15)10-5-7-16-8-6-10/h1-7H,8H2,(H,17,18);1-8H,9H2,(H,17,18). The van der Waals surface area contributed by atoms with Gasteiger partial charge in [0, 0.05) is 48.0 Å². The lowest BCUT2D eigenvalue weighted by atomic mass is 10.3. The molecular formula is C30H21N11O4S2. The maximum Gasteiger partial charge on any atom is 0.277 e. The minimum Gasteiger partial charge on any atom is -0.411 e. The summed E-state index contributed by atoms with van der Waals surface area (Å²) in [6, 6.07) is 19.7. The van der Waals surface area contributed by atoms with Gasteiger partial charge < -0.3 is 18.8 Å². The highest BCUT2D eigenvalue weighted by Gasteiger charge is 2.13. The van der Waals surface area contributed by atoms with Gasteiger partial charge in [0.05, 0.1) is 38.5 Å². The molecule has 47 heavy (non-hydrogen) atoms. The van der Waals surface area contributed by atoms with E-state index in [1.165, 1.54) is 35.7 Å². The third kappa shape index (κ3) is 7.15. The van der Waals surface area contributed by atoms with Crippen molar-refractivity contribution >= 4 is 51.3 Å². The summed E-state index contributed by atoms with van der Waals surface area (Å²) in [7, 11) is 0. The first-order valence-electron chi connectivity index (χ1n) is 13.9. The number of benzene rings is 2. The molecule has 8 aromatic rings. The number of hydrogen-bond donors (Lipinski definition) is 2. The summed E-state index contributed by atoms with van der Waals surface area (Å²) in [6.07, 6.45) is 6.70. The molecule has 17 heteroatoms. The van der Waals surface area contributed by atoms with Gasteiger partial charge in [-0.3, -0.25) is 20.1 Å². The van der Waals surface area contributed by atoms with E-state index in [2.05, 4.69) is 50.3 Å². The largest absolute Gasteiger partial charge is 0.411 e. The number of aromatic amines is 2. The zero-order valence-electron chi connectivity index (χ0n) is 24.0. The second-order valence-corrected chi connectivity index (χ2v) is 11.5. The molecule has 0 aliphatic rings. The Hall–Kier alpha value is -5.94. The zero-order chi connectivity index (χ0) is 32.0. The molecule has 6 aromatic heterocycles. The summed E-state index contributed by atoms with van der Waals surface area (Å²) in [5, 5.41) is 27.8.